The van der Waals surface area contributed by atoms with Gasteiger partial charge >= 0.3 is 0 Å². The third kappa shape index (κ3) is 2.54. The molecule has 0 amide bonds. The molecule has 0 bridgehead atoms. The lowest BCUT2D eigenvalue weighted by Gasteiger charge is -2.05. The number of nitrogens with two attached hydrogens (primary N) is 1. The average molecular weight is 344 g/mol. The first-order valence-corrected chi connectivity index (χ1v) is 5.85. The van der Waals surface area contributed by atoms with E-state index in [0.717, 1.165) is 3.57 Å². The molecular formula is C10H9IN4O2. The van der Waals surface area contributed by atoms with Crippen LogP contribution in [0.2, 0.25) is 0 Å². The van der Waals surface area contributed by atoms with Crippen molar-refractivity contribution in [3.8, 4) is 0 Å². The van der Waals surface area contributed by atoms with Gasteiger partial charge in [0.2, 0.25) is 0 Å². The lowest BCUT2D eigenvalue weighted by atomic mass is 10.1. The molecule has 7 heteroatoms. The van der Waals surface area contributed by atoms with Gasteiger partial charge in [0.05, 0.1) is 21.2 Å². The van der Waals surface area contributed by atoms with E-state index in [2.05, 4.69) is 27.7 Å². The molecule has 0 spiro atoms. The highest BCUT2D eigenvalue weighted by molar-refractivity contribution is 14.1. The number of nitrogens with zero attached hydrogens (tertiary/aromatic N) is 3. The smallest absolute Gasteiger partial charge is 0.292 e. The predicted molar refractivity (Wildman–Crippen MR) is 71.6 cm³/mol. The van der Waals surface area contributed by atoms with E-state index in [1.54, 1.807) is 23.0 Å². The van der Waals surface area contributed by atoms with Crippen LogP contribution in [-0.2, 0) is 6.54 Å². The van der Waals surface area contributed by atoms with Crippen LogP contribution in [0, 0.1) is 13.7 Å². The fourth-order valence-corrected chi connectivity index (χ4v) is 1.94. The summed E-state index contributed by atoms with van der Waals surface area (Å²) in [7, 11) is 0. The molecule has 17 heavy (non-hydrogen) atoms. The number of anilines is 1. The number of nitro groups is 1. The maximum absolute atomic E-state index is 10.7. The van der Waals surface area contributed by atoms with Gasteiger partial charge in [0, 0.05) is 17.8 Å². The van der Waals surface area contributed by atoms with Gasteiger partial charge in [0.1, 0.15) is 5.69 Å². The molecule has 2 rings (SSSR count). The lowest BCUT2D eigenvalue weighted by molar-refractivity contribution is -0.383. The minimum atomic E-state index is -0.480. The molecule has 1 aromatic carbocycles. The second-order valence-electron chi connectivity index (χ2n) is 3.46. The van der Waals surface area contributed by atoms with Crippen molar-refractivity contribution in [3.05, 3.63) is 49.8 Å². The Balaban J connectivity index is 2.33. The van der Waals surface area contributed by atoms with Gasteiger partial charge in [0.25, 0.3) is 5.69 Å². The number of halogens is 1. The molecule has 0 fully saturated rings. The zero-order valence-corrected chi connectivity index (χ0v) is 10.9. The lowest BCUT2D eigenvalue weighted by Crippen LogP contribution is -2.05. The summed E-state index contributed by atoms with van der Waals surface area (Å²) in [6.45, 7) is 0.427. The fraction of sp³-hybridized carbons (Fsp3) is 0.100. The first kappa shape index (κ1) is 11.8. The van der Waals surface area contributed by atoms with Crippen LogP contribution in [0.15, 0.2) is 30.6 Å². The van der Waals surface area contributed by atoms with Crippen LogP contribution in [0.3, 0.4) is 0 Å². The molecule has 6 nitrogen and oxygen atoms in total. The predicted octanol–water partition coefficient (Wildman–Crippen LogP) is 2.03. The fourth-order valence-electron chi connectivity index (χ4n) is 1.50. The topological polar surface area (TPSA) is 87.0 Å². The van der Waals surface area contributed by atoms with E-state index in [1.807, 2.05) is 6.20 Å². The van der Waals surface area contributed by atoms with Crippen LogP contribution >= 0.6 is 22.6 Å². The van der Waals surface area contributed by atoms with Crippen molar-refractivity contribution in [2.24, 2.45) is 0 Å². The Morgan fingerprint density at radius 3 is 2.88 bits per heavy atom. The van der Waals surface area contributed by atoms with Gasteiger partial charge in [-0.15, -0.1) is 0 Å². The van der Waals surface area contributed by atoms with Crippen LogP contribution in [0.1, 0.15) is 5.56 Å². The highest BCUT2D eigenvalue weighted by Crippen LogP contribution is 2.25. The van der Waals surface area contributed by atoms with E-state index in [1.165, 1.54) is 6.07 Å². The monoisotopic (exact) mass is 344 g/mol. The van der Waals surface area contributed by atoms with E-state index in [4.69, 9.17) is 5.73 Å². The first-order chi connectivity index (χ1) is 8.08. The third-order valence-corrected chi connectivity index (χ3v) is 2.86. The van der Waals surface area contributed by atoms with Crippen molar-refractivity contribution in [2.75, 3.05) is 5.73 Å². The van der Waals surface area contributed by atoms with Crippen molar-refractivity contribution >= 4 is 34.0 Å². The highest BCUT2D eigenvalue weighted by atomic mass is 127. The van der Waals surface area contributed by atoms with Crippen LogP contribution in [0.5, 0.6) is 0 Å². The van der Waals surface area contributed by atoms with Crippen LogP contribution in [-0.4, -0.2) is 14.7 Å². The van der Waals surface area contributed by atoms with Crippen molar-refractivity contribution in [3.63, 3.8) is 0 Å². The number of rotatable bonds is 3. The van der Waals surface area contributed by atoms with Gasteiger partial charge < -0.3 is 5.73 Å². The number of nitro benzene ring substituents is 1. The Hall–Kier alpha value is -1.64. The van der Waals surface area contributed by atoms with E-state index in [-0.39, 0.29) is 11.4 Å². The first-order valence-electron chi connectivity index (χ1n) is 4.77. The van der Waals surface area contributed by atoms with Gasteiger partial charge in [-0.3, -0.25) is 14.8 Å². The van der Waals surface area contributed by atoms with Gasteiger partial charge in [-0.25, -0.2) is 0 Å². The van der Waals surface area contributed by atoms with Gasteiger partial charge in [-0.1, -0.05) is 12.1 Å². The molecule has 0 atom stereocenters. The van der Waals surface area contributed by atoms with Gasteiger partial charge in [-0.05, 0) is 22.6 Å². The highest BCUT2D eigenvalue weighted by Gasteiger charge is 2.14. The summed E-state index contributed by atoms with van der Waals surface area (Å²) in [5.41, 5.74) is 6.58. The molecule has 0 saturated carbocycles. The summed E-state index contributed by atoms with van der Waals surface area (Å²) in [4.78, 5) is 10.3. The SMILES string of the molecule is Nc1c(Cn2cc(I)cn2)cccc1[N+](=O)[O-]. The minimum absolute atomic E-state index is 0.0654. The molecule has 1 aromatic heterocycles. The third-order valence-electron chi connectivity index (χ3n) is 2.30. The zero-order valence-electron chi connectivity index (χ0n) is 8.71. The molecule has 0 aliphatic rings. The van der Waals surface area contributed by atoms with Crippen LogP contribution < -0.4 is 5.73 Å². The number of aromatic nitrogens is 2. The van der Waals surface area contributed by atoms with Crippen LogP contribution in [0.25, 0.3) is 0 Å². The Bertz CT molecular complexity index is 567. The molecular weight excluding hydrogens is 335 g/mol. The normalized spacial score (nSPS) is 10.4. The Morgan fingerprint density at radius 1 is 1.53 bits per heavy atom. The van der Waals surface area contributed by atoms with E-state index >= 15 is 0 Å². The maximum atomic E-state index is 10.7. The van der Waals surface area contributed by atoms with Crippen LogP contribution in [0.4, 0.5) is 11.4 Å². The minimum Gasteiger partial charge on any atom is -0.393 e. The van der Waals surface area contributed by atoms with Crippen molar-refractivity contribution in [1.29, 1.82) is 0 Å². The summed E-state index contributed by atoms with van der Waals surface area (Å²) >= 11 is 2.15. The zero-order chi connectivity index (χ0) is 12.4. The quantitative estimate of drug-likeness (QED) is 0.399. The maximum Gasteiger partial charge on any atom is 0.292 e. The summed E-state index contributed by atoms with van der Waals surface area (Å²) < 4.78 is 2.70. The molecule has 0 unspecified atom stereocenters. The molecule has 0 radical (unpaired) electrons. The summed E-state index contributed by atoms with van der Waals surface area (Å²) in [6.07, 6.45) is 3.56. The van der Waals surface area contributed by atoms with Gasteiger partial charge in [0.15, 0.2) is 0 Å². The molecule has 0 aliphatic heterocycles. The van der Waals surface area contributed by atoms with E-state index in [0.29, 0.717) is 12.1 Å². The Labute approximate surface area is 111 Å². The van der Waals surface area contributed by atoms with Gasteiger partial charge in [-0.2, -0.15) is 5.10 Å². The summed E-state index contributed by atoms with van der Waals surface area (Å²) in [6, 6.07) is 4.78. The number of nitrogen functional groups attached to an aromatic ring is 1. The summed E-state index contributed by atoms with van der Waals surface area (Å²) in [5.74, 6) is 0. The average Bonchev–Trinajstić information content (AvgIpc) is 2.67. The van der Waals surface area contributed by atoms with E-state index in [9.17, 15) is 10.1 Å². The molecule has 2 N–H and O–H groups in total. The molecule has 0 aliphatic carbocycles. The molecule has 2 aromatic rings. The largest absolute Gasteiger partial charge is 0.393 e. The standard InChI is InChI=1S/C10H9IN4O2/c11-8-4-13-14(6-8)5-7-2-1-3-9(10(7)12)15(16)17/h1-4,6H,5,12H2. The van der Waals surface area contributed by atoms with E-state index < -0.39 is 4.92 Å². The number of benzene rings is 1. The number of hydrogen-bond donors (Lipinski definition) is 1. The van der Waals surface area contributed by atoms with Crippen molar-refractivity contribution < 1.29 is 4.92 Å². The Kier molecular flexibility index (Phi) is 3.27. The molecule has 88 valence electrons. The van der Waals surface area contributed by atoms with Crippen molar-refractivity contribution in [1.82, 2.24) is 9.78 Å². The number of para-hydroxylation sites is 1. The summed E-state index contributed by atoms with van der Waals surface area (Å²) in [5, 5.41) is 14.8. The van der Waals surface area contributed by atoms with Crippen molar-refractivity contribution in [2.45, 2.75) is 6.54 Å². The number of hydrogen-bond acceptors (Lipinski definition) is 4. The molecule has 1 heterocycles. The second kappa shape index (κ2) is 4.70. The second-order valence-corrected chi connectivity index (χ2v) is 4.71. The molecule has 0 saturated heterocycles. The Morgan fingerprint density at radius 2 is 2.29 bits per heavy atom.